The third-order valence-corrected chi connectivity index (χ3v) is 5.05. The number of fused-ring (bicyclic) bond motifs is 1. The Morgan fingerprint density at radius 2 is 1.17 bits per heavy atom. The Bertz CT molecular complexity index is 935. The van der Waals surface area contributed by atoms with E-state index >= 15 is 0 Å². The number of rotatable bonds is 3. The molecule has 0 aliphatic carbocycles. The van der Waals surface area contributed by atoms with Gasteiger partial charge in [0.15, 0.2) is 0 Å². The minimum atomic E-state index is 0.322. The number of hydrogen-bond donors (Lipinski definition) is 0. The Morgan fingerprint density at radius 1 is 0.633 bits per heavy atom. The van der Waals surface area contributed by atoms with Crippen LogP contribution in [0, 0.1) is 17.8 Å². The Labute approximate surface area is 185 Å². The average Bonchev–Trinajstić information content (AvgIpc) is 2.61. The number of aryl methyl sites for hydroxylation is 1. The topological polar surface area (TPSA) is 3.24 Å². The molecule has 30 heavy (non-hydrogen) atoms. The number of hydrogen-bond acceptors (Lipinski definition) is 1. The fourth-order valence-electron chi connectivity index (χ4n) is 3.79. The van der Waals surface area contributed by atoms with E-state index in [-0.39, 0.29) is 0 Å². The Morgan fingerprint density at radius 3 is 1.70 bits per heavy atom. The third-order valence-electron chi connectivity index (χ3n) is 5.05. The first-order valence-electron chi connectivity index (χ1n) is 11.1. The van der Waals surface area contributed by atoms with Gasteiger partial charge in [0.25, 0.3) is 0 Å². The summed E-state index contributed by atoms with van der Waals surface area (Å²) in [5.74, 6) is 0. The molecule has 0 atom stereocenters. The van der Waals surface area contributed by atoms with E-state index in [1.54, 1.807) is 0 Å². The van der Waals surface area contributed by atoms with E-state index in [1.807, 2.05) is 0 Å². The smallest absolute Gasteiger partial charge is 0.0440 e. The molecule has 0 amide bonds. The van der Waals surface area contributed by atoms with Crippen LogP contribution in [0.4, 0.5) is 5.69 Å². The molecule has 3 aromatic rings. The molecule has 0 saturated carbocycles. The normalized spacial score (nSPS) is 11.8. The second-order valence-electron chi connectivity index (χ2n) is 11.1. The predicted molar refractivity (Wildman–Crippen MR) is 136 cm³/mol. The molecule has 0 aliphatic heterocycles. The Hall–Kier alpha value is -2.28. The van der Waals surface area contributed by atoms with E-state index in [1.165, 1.54) is 33.2 Å². The molecule has 1 heteroatoms. The largest absolute Gasteiger partial charge is 0.377 e. The van der Waals surface area contributed by atoms with Crippen LogP contribution in [0.25, 0.3) is 10.8 Å². The fraction of sp³-hybridized carbons (Fsp3) is 0.448. The zero-order valence-corrected chi connectivity index (χ0v) is 20.6. The number of nitrogens with zero attached hydrogens (tertiary/aromatic N) is 1. The van der Waals surface area contributed by atoms with Crippen LogP contribution >= 0.6 is 0 Å². The lowest BCUT2D eigenvalue weighted by atomic mass is 9.86. The van der Waals surface area contributed by atoms with Crippen LogP contribution in [-0.4, -0.2) is 14.1 Å². The van der Waals surface area contributed by atoms with Gasteiger partial charge in [-0.25, -0.2) is 0 Å². The lowest BCUT2D eigenvalue weighted by molar-refractivity contribution is 0.411. The third kappa shape index (κ3) is 7.52. The maximum absolute atomic E-state index is 2.29. The fourth-order valence-corrected chi connectivity index (χ4v) is 3.79. The Balaban J connectivity index is 0.000000232. The Kier molecular flexibility index (Phi) is 7.75. The van der Waals surface area contributed by atoms with E-state index in [4.69, 9.17) is 0 Å². The van der Waals surface area contributed by atoms with Gasteiger partial charge in [-0.15, -0.1) is 0 Å². The van der Waals surface area contributed by atoms with Crippen LogP contribution in [0.5, 0.6) is 0 Å². The molecule has 0 heterocycles. The van der Waals surface area contributed by atoms with Gasteiger partial charge in [0.2, 0.25) is 0 Å². The first-order valence-corrected chi connectivity index (χ1v) is 11.1. The van der Waals surface area contributed by atoms with Gasteiger partial charge in [0.05, 0.1) is 0 Å². The van der Waals surface area contributed by atoms with E-state index in [0.717, 1.165) is 12.8 Å². The van der Waals surface area contributed by atoms with Crippen LogP contribution in [0.3, 0.4) is 0 Å². The highest BCUT2D eigenvalue weighted by atomic mass is 15.1. The zero-order chi connectivity index (χ0) is 22.5. The molecular weight excluding hydrogens is 362 g/mol. The average molecular weight is 404 g/mol. The summed E-state index contributed by atoms with van der Waals surface area (Å²) in [6.45, 7) is 15.8. The molecule has 0 bridgehead atoms. The first-order chi connectivity index (χ1) is 13.9. The van der Waals surface area contributed by atoms with Gasteiger partial charge in [-0.2, -0.15) is 0 Å². The minimum Gasteiger partial charge on any atom is -0.377 e. The van der Waals surface area contributed by atoms with Crippen molar-refractivity contribution in [1.82, 2.24) is 0 Å². The highest BCUT2D eigenvalue weighted by Crippen LogP contribution is 2.31. The van der Waals surface area contributed by atoms with Gasteiger partial charge in [-0.05, 0) is 53.2 Å². The quantitative estimate of drug-likeness (QED) is 0.427. The summed E-state index contributed by atoms with van der Waals surface area (Å²) in [4.78, 5) is 2.18. The summed E-state index contributed by atoms with van der Waals surface area (Å²) in [5.41, 5.74) is 6.24. The van der Waals surface area contributed by atoms with Crippen molar-refractivity contribution in [2.45, 2.75) is 61.3 Å². The van der Waals surface area contributed by atoms with E-state index in [0.29, 0.717) is 10.8 Å². The summed E-state index contributed by atoms with van der Waals surface area (Å²) in [6, 6.07) is 22.0. The van der Waals surface area contributed by atoms with Crippen molar-refractivity contribution < 1.29 is 0 Å². The second kappa shape index (κ2) is 9.69. The summed E-state index contributed by atoms with van der Waals surface area (Å²) in [5, 5.41) is 2.74. The molecule has 0 spiro atoms. The minimum absolute atomic E-state index is 0.322. The van der Waals surface area contributed by atoms with Gasteiger partial charge in [-0.3, -0.25) is 0 Å². The van der Waals surface area contributed by atoms with Crippen LogP contribution in [-0.2, 0) is 12.8 Å². The maximum atomic E-state index is 2.29. The molecule has 3 aromatic carbocycles. The van der Waals surface area contributed by atoms with Gasteiger partial charge in [0.1, 0.15) is 0 Å². The SMILES string of the molecule is CN(C)c1cccc2c(CC(C)(C)C)cccc12.Cc1ccc(CC(C)(C)C)cc1. The van der Waals surface area contributed by atoms with Crippen molar-refractivity contribution in [2.75, 3.05) is 19.0 Å². The van der Waals surface area contributed by atoms with Gasteiger partial charge in [0, 0.05) is 25.2 Å². The molecule has 0 radical (unpaired) electrons. The summed E-state index contributed by atoms with van der Waals surface area (Å²) in [6.07, 6.45) is 2.27. The molecule has 0 N–H and O–H groups in total. The van der Waals surface area contributed by atoms with Crippen molar-refractivity contribution >= 4 is 16.5 Å². The highest BCUT2D eigenvalue weighted by Gasteiger charge is 2.14. The van der Waals surface area contributed by atoms with Crippen molar-refractivity contribution in [1.29, 1.82) is 0 Å². The van der Waals surface area contributed by atoms with E-state index in [9.17, 15) is 0 Å². The molecule has 162 valence electrons. The molecule has 0 unspecified atom stereocenters. The van der Waals surface area contributed by atoms with Gasteiger partial charge < -0.3 is 4.90 Å². The second-order valence-corrected chi connectivity index (χ2v) is 11.1. The molecule has 0 saturated heterocycles. The summed E-state index contributed by atoms with van der Waals surface area (Å²) >= 11 is 0. The lowest BCUT2D eigenvalue weighted by Gasteiger charge is -2.21. The number of benzene rings is 3. The van der Waals surface area contributed by atoms with Crippen LogP contribution in [0.15, 0.2) is 60.7 Å². The maximum Gasteiger partial charge on any atom is 0.0440 e. The van der Waals surface area contributed by atoms with Gasteiger partial charge in [-0.1, -0.05) is 102 Å². The predicted octanol–water partition coefficient (Wildman–Crippen LogP) is 8.08. The standard InChI is InChI=1S/C17H23N.C12H18/c1-17(2,3)12-13-8-6-10-15-14(13)9-7-11-16(15)18(4)5;1-10-5-7-11(8-6-10)9-12(2,3)4/h6-11H,12H2,1-5H3;5-8H,9H2,1-4H3. The van der Waals surface area contributed by atoms with Crippen molar-refractivity contribution in [3.63, 3.8) is 0 Å². The van der Waals surface area contributed by atoms with Crippen molar-refractivity contribution in [2.24, 2.45) is 10.8 Å². The monoisotopic (exact) mass is 403 g/mol. The molecule has 0 aliphatic rings. The van der Waals surface area contributed by atoms with E-state index < -0.39 is 0 Å². The molecule has 1 nitrogen and oxygen atoms in total. The van der Waals surface area contributed by atoms with Crippen molar-refractivity contribution in [3.05, 3.63) is 77.4 Å². The summed E-state index contributed by atoms with van der Waals surface area (Å²) < 4.78 is 0. The molecule has 0 fully saturated rings. The zero-order valence-electron chi connectivity index (χ0n) is 20.6. The number of anilines is 1. The van der Waals surface area contributed by atoms with E-state index in [2.05, 4.69) is 128 Å². The van der Waals surface area contributed by atoms with Crippen LogP contribution < -0.4 is 4.90 Å². The van der Waals surface area contributed by atoms with Gasteiger partial charge >= 0.3 is 0 Å². The van der Waals surface area contributed by atoms with Crippen LogP contribution in [0.1, 0.15) is 58.2 Å². The molecular formula is C29H41N. The first kappa shape index (κ1) is 24.0. The van der Waals surface area contributed by atoms with Crippen molar-refractivity contribution in [3.8, 4) is 0 Å². The lowest BCUT2D eigenvalue weighted by Crippen LogP contribution is -2.11. The summed E-state index contributed by atoms with van der Waals surface area (Å²) in [7, 11) is 4.20. The highest BCUT2D eigenvalue weighted by molar-refractivity contribution is 5.96. The molecule has 0 aromatic heterocycles. The van der Waals surface area contributed by atoms with Crippen LogP contribution in [0.2, 0.25) is 0 Å². The molecule has 3 rings (SSSR count).